The van der Waals surface area contributed by atoms with Crippen molar-refractivity contribution in [3.8, 4) is 5.75 Å². The summed E-state index contributed by atoms with van der Waals surface area (Å²) >= 11 is 3.27. The second kappa shape index (κ2) is 9.22. The fraction of sp³-hybridized carbons (Fsp3) is 0.263. The molecule has 0 bridgehead atoms. The number of aryl methyl sites for hydroxylation is 2. The Balaban J connectivity index is 1.69. The number of rotatable bonds is 7. The van der Waals surface area contributed by atoms with Gasteiger partial charge in [0.1, 0.15) is 12.4 Å². The molecule has 0 saturated heterocycles. The summed E-state index contributed by atoms with van der Waals surface area (Å²) in [5.41, 5.74) is 2.60. The molecule has 25 heavy (non-hydrogen) atoms. The fourth-order valence-electron chi connectivity index (χ4n) is 2.20. The average Bonchev–Trinajstić information content (AvgIpc) is 2.58. The van der Waals surface area contributed by atoms with E-state index in [1.807, 2.05) is 32.0 Å². The van der Waals surface area contributed by atoms with Gasteiger partial charge in [0, 0.05) is 4.47 Å². The van der Waals surface area contributed by atoms with E-state index in [1.165, 1.54) is 5.56 Å². The summed E-state index contributed by atoms with van der Waals surface area (Å²) in [6.07, 6.45) is 0. The number of esters is 1. The van der Waals surface area contributed by atoms with Gasteiger partial charge in [0.15, 0.2) is 6.61 Å². The molecule has 5 nitrogen and oxygen atoms in total. The summed E-state index contributed by atoms with van der Waals surface area (Å²) in [4.78, 5) is 23.6. The maximum absolute atomic E-state index is 11.9. The summed E-state index contributed by atoms with van der Waals surface area (Å²) in [6, 6.07) is 12.8. The van der Waals surface area contributed by atoms with E-state index in [9.17, 15) is 9.59 Å². The van der Waals surface area contributed by atoms with Gasteiger partial charge in [-0.25, -0.2) is 4.79 Å². The second-order valence-electron chi connectivity index (χ2n) is 5.52. The van der Waals surface area contributed by atoms with E-state index in [1.54, 1.807) is 24.3 Å². The number of hydrogen-bond acceptors (Lipinski definition) is 4. The Bertz CT molecular complexity index is 761. The number of carbonyl (C=O) groups excluding carboxylic acids is 2. The monoisotopic (exact) mass is 405 g/mol. The third-order valence-corrected chi connectivity index (χ3v) is 4.13. The lowest BCUT2D eigenvalue weighted by Gasteiger charge is -2.11. The first-order chi connectivity index (χ1) is 12.0. The molecular weight excluding hydrogens is 386 g/mol. The first kappa shape index (κ1) is 19.0. The van der Waals surface area contributed by atoms with Gasteiger partial charge in [-0.1, -0.05) is 29.8 Å². The van der Waals surface area contributed by atoms with Crippen molar-refractivity contribution in [2.75, 3.05) is 19.8 Å². The van der Waals surface area contributed by atoms with Crippen molar-refractivity contribution < 1.29 is 19.1 Å². The predicted octanol–water partition coefficient (Wildman–Crippen LogP) is 3.42. The Hall–Kier alpha value is -2.34. The smallest absolute Gasteiger partial charge is 0.339 e. The van der Waals surface area contributed by atoms with Crippen LogP contribution >= 0.6 is 15.9 Å². The van der Waals surface area contributed by atoms with E-state index in [0.717, 1.165) is 11.3 Å². The first-order valence-corrected chi connectivity index (χ1v) is 8.65. The van der Waals surface area contributed by atoms with Crippen molar-refractivity contribution in [3.63, 3.8) is 0 Å². The molecule has 0 aliphatic rings. The standard InChI is InChI=1S/C19H20BrNO4/c1-13-7-8-17(14(2)11-13)24-10-9-21-18(22)12-25-19(23)15-5-3-4-6-16(15)20/h3-8,11H,9-10,12H2,1-2H3,(H,21,22). The van der Waals surface area contributed by atoms with Crippen molar-refractivity contribution in [2.24, 2.45) is 0 Å². The van der Waals surface area contributed by atoms with Gasteiger partial charge in [0.25, 0.3) is 5.91 Å². The zero-order valence-electron chi connectivity index (χ0n) is 14.2. The van der Waals surface area contributed by atoms with Crippen molar-refractivity contribution in [2.45, 2.75) is 13.8 Å². The number of hydrogen-bond donors (Lipinski definition) is 1. The molecule has 2 aromatic carbocycles. The molecule has 0 heterocycles. The van der Waals surface area contributed by atoms with E-state index in [2.05, 4.69) is 21.2 Å². The van der Waals surface area contributed by atoms with Crippen molar-refractivity contribution in [1.82, 2.24) is 5.32 Å². The minimum atomic E-state index is -0.547. The summed E-state index contributed by atoms with van der Waals surface area (Å²) in [6.45, 7) is 4.34. The predicted molar refractivity (Wildman–Crippen MR) is 98.8 cm³/mol. The van der Waals surface area contributed by atoms with Crippen LogP contribution in [-0.4, -0.2) is 31.6 Å². The van der Waals surface area contributed by atoms with Crippen LogP contribution in [0.2, 0.25) is 0 Å². The van der Waals surface area contributed by atoms with Crippen molar-refractivity contribution in [3.05, 3.63) is 63.6 Å². The molecule has 0 atom stereocenters. The van der Waals surface area contributed by atoms with Crippen LogP contribution in [0.15, 0.2) is 46.9 Å². The van der Waals surface area contributed by atoms with E-state index >= 15 is 0 Å². The Morgan fingerprint density at radius 2 is 1.88 bits per heavy atom. The van der Waals surface area contributed by atoms with Crippen molar-refractivity contribution in [1.29, 1.82) is 0 Å². The molecule has 0 fully saturated rings. The normalized spacial score (nSPS) is 10.2. The molecule has 1 amide bonds. The zero-order valence-corrected chi connectivity index (χ0v) is 15.8. The molecule has 0 radical (unpaired) electrons. The maximum atomic E-state index is 11.9. The van der Waals surface area contributed by atoms with Gasteiger partial charge < -0.3 is 14.8 Å². The molecule has 6 heteroatoms. The van der Waals surface area contributed by atoms with Gasteiger partial charge >= 0.3 is 5.97 Å². The van der Waals surface area contributed by atoms with E-state index in [0.29, 0.717) is 23.2 Å². The van der Waals surface area contributed by atoms with Gasteiger partial charge in [-0.2, -0.15) is 0 Å². The Morgan fingerprint density at radius 1 is 1.12 bits per heavy atom. The summed E-state index contributed by atoms with van der Waals surface area (Å²) in [5.74, 6) is -0.126. The Labute approximate surface area is 155 Å². The van der Waals surface area contributed by atoms with Gasteiger partial charge in [-0.05, 0) is 53.5 Å². The van der Waals surface area contributed by atoms with Gasteiger partial charge in [0.2, 0.25) is 0 Å². The average molecular weight is 406 g/mol. The third-order valence-electron chi connectivity index (χ3n) is 3.44. The highest BCUT2D eigenvalue weighted by Crippen LogP contribution is 2.18. The molecule has 0 aromatic heterocycles. The fourth-order valence-corrected chi connectivity index (χ4v) is 2.65. The highest BCUT2D eigenvalue weighted by molar-refractivity contribution is 9.10. The second-order valence-corrected chi connectivity index (χ2v) is 6.38. The van der Waals surface area contributed by atoms with Crippen LogP contribution in [-0.2, 0) is 9.53 Å². The first-order valence-electron chi connectivity index (χ1n) is 7.86. The lowest BCUT2D eigenvalue weighted by molar-refractivity contribution is -0.124. The van der Waals surface area contributed by atoms with Crippen LogP contribution in [0.4, 0.5) is 0 Å². The highest BCUT2D eigenvalue weighted by Gasteiger charge is 2.12. The van der Waals surface area contributed by atoms with E-state index in [4.69, 9.17) is 9.47 Å². The highest BCUT2D eigenvalue weighted by atomic mass is 79.9. The van der Waals surface area contributed by atoms with Crippen LogP contribution in [0.5, 0.6) is 5.75 Å². The molecule has 0 unspecified atom stereocenters. The van der Waals surface area contributed by atoms with Crippen LogP contribution in [0, 0.1) is 13.8 Å². The molecule has 0 saturated carbocycles. The van der Waals surface area contributed by atoms with Crippen LogP contribution in [0.25, 0.3) is 0 Å². The molecule has 1 N–H and O–H groups in total. The number of benzene rings is 2. The number of halogens is 1. The molecule has 0 spiro atoms. The van der Waals surface area contributed by atoms with Crippen LogP contribution < -0.4 is 10.1 Å². The van der Waals surface area contributed by atoms with Gasteiger partial charge in [-0.15, -0.1) is 0 Å². The summed E-state index contributed by atoms with van der Waals surface area (Å²) in [5, 5.41) is 2.65. The lowest BCUT2D eigenvalue weighted by atomic mass is 10.1. The quantitative estimate of drug-likeness (QED) is 0.566. The number of ether oxygens (including phenoxy) is 2. The van der Waals surface area contributed by atoms with Crippen LogP contribution in [0.3, 0.4) is 0 Å². The molecule has 0 aliphatic heterocycles. The molecule has 0 aliphatic carbocycles. The number of nitrogens with one attached hydrogen (secondary N) is 1. The SMILES string of the molecule is Cc1ccc(OCCNC(=O)COC(=O)c2ccccc2Br)c(C)c1. The summed E-state index contributed by atoms with van der Waals surface area (Å²) < 4.78 is 11.2. The minimum absolute atomic E-state index is 0.330. The van der Waals surface area contributed by atoms with Crippen LogP contribution in [0.1, 0.15) is 21.5 Å². The largest absolute Gasteiger partial charge is 0.491 e. The molecule has 2 aromatic rings. The maximum Gasteiger partial charge on any atom is 0.339 e. The van der Waals surface area contributed by atoms with Gasteiger partial charge in [0.05, 0.1) is 12.1 Å². The number of amides is 1. The number of carbonyl (C=O) groups is 2. The topological polar surface area (TPSA) is 64.6 Å². The molecular formula is C19H20BrNO4. The van der Waals surface area contributed by atoms with Gasteiger partial charge in [-0.3, -0.25) is 4.79 Å². The third kappa shape index (κ3) is 5.90. The molecule has 132 valence electrons. The van der Waals surface area contributed by atoms with Crippen molar-refractivity contribution >= 4 is 27.8 Å². The van der Waals surface area contributed by atoms with E-state index in [-0.39, 0.29) is 12.5 Å². The minimum Gasteiger partial charge on any atom is -0.491 e. The Kier molecular flexibility index (Phi) is 7.01. The van der Waals surface area contributed by atoms with E-state index < -0.39 is 5.97 Å². The summed E-state index contributed by atoms with van der Waals surface area (Å²) in [7, 11) is 0. The lowest BCUT2D eigenvalue weighted by Crippen LogP contribution is -2.32. The zero-order chi connectivity index (χ0) is 18.2. The molecule has 2 rings (SSSR count). The Morgan fingerprint density at radius 3 is 2.60 bits per heavy atom.